The van der Waals surface area contributed by atoms with Gasteiger partial charge in [-0.05, 0) is 38.5 Å². The van der Waals surface area contributed by atoms with E-state index in [2.05, 4.69) is 4.99 Å². The van der Waals surface area contributed by atoms with Gasteiger partial charge in [-0.3, -0.25) is 0 Å². The number of aliphatic imine (C=N–C) groups is 1. The minimum Gasteiger partial charge on any atom is -0.475 e. The van der Waals surface area contributed by atoms with Crippen LogP contribution in [0, 0.1) is 0 Å². The molecular formula is C22H23NO3. The molecule has 4 nitrogen and oxygen atoms in total. The average Bonchev–Trinajstić information content (AvgIpc) is 3.00. The number of carbonyl (C=O) groups is 1. The third kappa shape index (κ3) is 4.02. The van der Waals surface area contributed by atoms with Gasteiger partial charge in [-0.2, -0.15) is 0 Å². The highest BCUT2D eigenvalue weighted by atomic mass is 16.5. The zero-order valence-electron chi connectivity index (χ0n) is 15.4. The second-order valence-corrected chi connectivity index (χ2v) is 6.75. The number of nitrogens with zero attached hydrogens (tertiary/aromatic N) is 1. The van der Waals surface area contributed by atoms with Crippen molar-refractivity contribution >= 4 is 23.5 Å². The van der Waals surface area contributed by atoms with Crippen molar-refractivity contribution < 1.29 is 14.3 Å². The molecule has 0 unspecified atom stereocenters. The number of rotatable bonds is 5. The second kappa shape index (κ2) is 7.56. The molecule has 2 aromatic carbocycles. The molecular weight excluding hydrogens is 326 g/mol. The van der Waals surface area contributed by atoms with Crippen LogP contribution in [0.1, 0.15) is 37.5 Å². The molecule has 0 radical (unpaired) electrons. The van der Waals surface area contributed by atoms with Gasteiger partial charge < -0.3 is 9.47 Å². The lowest BCUT2D eigenvalue weighted by Crippen LogP contribution is -2.17. The van der Waals surface area contributed by atoms with E-state index in [0.29, 0.717) is 24.7 Å². The molecule has 26 heavy (non-hydrogen) atoms. The fourth-order valence-electron chi connectivity index (χ4n) is 2.80. The van der Waals surface area contributed by atoms with E-state index >= 15 is 0 Å². The normalized spacial score (nSPS) is 16.0. The van der Waals surface area contributed by atoms with Crippen LogP contribution >= 0.6 is 0 Å². The minimum atomic E-state index is -0.360. The molecule has 0 saturated heterocycles. The minimum absolute atomic E-state index is 0.268. The van der Waals surface area contributed by atoms with Crippen molar-refractivity contribution in [2.24, 2.45) is 4.99 Å². The van der Waals surface area contributed by atoms with Gasteiger partial charge in [0.1, 0.15) is 6.61 Å². The molecule has 0 bridgehead atoms. The standard InChI is InChI=1S/C22H23NO3/c1-4-25-21(24)19(14-16-10-6-5-7-11-16)17-12-8-9-13-18(17)20-23-22(2,3)15-26-20/h5-14H,4,15H2,1-3H3/b19-14-. The molecule has 0 aromatic heterocycles. The Bertz CT molecular complexity index is 851. The third-order valence-corrected chi connectivity index (χ3v) is 4.02. The highest BCUT2D eigenvalue weighted by molar-refractivity contribution is 6.23. The van der Waals surface area contributed by atoms with Gasteiger partial charge in [0.25, 0.3) is 0 Å². The SMILES string of the molecule is CCOC(=O)/C(=C\c1ccccc1)c1ccccc1C1=NC(C)(C)CO1. The maximum atomic E-state index is 12.7. The van der Waals surface area contributed by atoms with Gasteiger partial charge >= 0.3 is 5.97 Å². The second-order valence-electron chi connectivity index (χ2n) is 6.75. The summed E-state index contributed by atoms with van der Waals surface area (Å²) < 4.78 is 11.1. The molecule has 0 atom stereocenters. The highest BCUT2D eigenvalue weighted by Crippen LogP contribution is 2.28. The Morgan fingerprint density at radius 3 is 2.50 bits per heavy atom. The van der Waals surface area contributed by atoms with Crippen LogP contribution < -0.4 is 0 Å². The quantitative estimate of drug-likeness (QED) is 0.458. The summed E-state index contributed by atoms with van der Waals surface area (Å²) in [6, 6.07) is 17.4. The Kier molecular flexibility index (Phi) is 5.21. The predicted molar refractivity (Wildman–Crippen MR) is 104 cm³/mol. The van der Waals surface area contributed by atoms with Crippen LogP contribution in [0.3, 0.4) is 0 Å². The summed E-state index contributed by atoms with van der Waals surface area (Å²) >= 11 is 0. The van der Waals surface area contributed by atoms with Crippen LogP contribution in [0.4, 0.5) is 0 Å². The Morgan fingerprint density at radius 2 is 1.85 bits per heavy atom. The van der Waals surface area contributed by atoms with Gasteiger partial charge in [0.15, 0.2) is 0 Å². The molecule has 1 heterocycles. The van der Waals surface area contributed by atoms with Gasteiger partial charge in [-0.25, -0.2) is 9.79 Å². The molecule has 0 saturated carbocycles. The molecule has 1 aliphatic heterocycles. The zero-order chi connectivity index (χ0) is 18.6. The van der Waals surface area contributed by atoms with Gasteiger partial charge in [-0.1, -0.05) is 48.5 Å². The monoisotopic (exact) mass is 349 g/mol. The Balaban J connectivity index is 2.11. The van der Waals surface area contributed by atoms with E-state index in [1.54, 1.807) is 6.92 Å². The van der Waals surface area contributed by atoms with Crippen LogP contribution in [0.2, 0.25) is 0 Å². The zero-order valence-corrected chi connectivity index (χ0v) is 15.4. The van der Waals surface area contributed by atoms with E-state index in [-0.39, 0.29) is 11.5 Å². The summed E-state index contributed by atoms with van der Waals surface area (Å²) in [7, 11) is 0. The van der Waals surface area contributed by atoms with Crippen molar-refractivity contribution in [3.8, 4) is 0 Å². The highest BCUT2D eigenvalue weighted by Gasteiger charge is 2.29. The van der Waals surface area contributed by atoms with Crippen molar-refractivity contribution in [3.63, 3.8) is 0 Å². The Morgan fingerprint density at radius 1 is 1.15 bits per heavy atom. The molecule has 4 heteroatoms. The largest absolute Gasteiger partial charge is 0.475 e. The summed E-state index contributed by atoms with van der Waals surface area (Å²) in [5.74, 6) is 0.204. The molecule has 3 rings (SSSR count). The van der Waals surface area contributed by atoms with Crippen LogP contribution in [-0.2, 0) is 14.3 Å². The first-order chi connectivity index (χ1) is 12.5. The summed E-state index contributed by atoms with van der Waals surface area (Å²) in [5, 5.41) is 0. The van der Waals surface area contributed by atoms with Crippen molar-refractivity contribution in [1.29, 1.82) is 0 Å². The predicted octanol–water partition coefficient (Wildman–Crippen LogP) is 4.35. The van der Waals surface area contributed by atoms with Crippen molar-refractivity contribution in [1.82, 2.24) is 0 Å². The van der Waals surface area contributed by atoms with Crippen molar-refractivity contribution in [2.45, 2.75) is 26.3 Å². The Labute approximate surface area is 154 Å². The van der Waals surface area contributed by atoms with E-state index in [1.165, 1.54) is 0 Å². The molecule has 0 spiro atoms. The van der Waals surface area contributed by atoms with Gasteiger partial charge in [0.2, 0.25) is 5.90 Å². The first-order valence-corrected chi connectivity index (χ1v) is 8.76. The van der Waals surface area contributed by atoms with Crippen LogP contribution in [0.25, 0.3) is 11.6 Å². The fraction of sp³-hybridized carbons (Fsp3) is 0.273. The first-order valence-electron chi connectivity index (χ1n) is 8.76. The van der Waals surface area contributed by atoms with Crippen molar-refractivity contribution in [2.75, 3.05) is 13.2 Å². The van der Waals surface area contributed by atoms with E-state index < -0.39 is 0 Å². The van der Waals surface area contributed by atoms with E-state index in [1.807, 2.05) is 74.5 Å². The lowest BCUT2D eigenvalue weighted by molar-refractivity contribution is -0.136. The fourth-order valence-corrected chi connectivity index (χ4v) is 2.80. The van der Waals surface area contributed by atoms with Gasteiger partial charge in [-0.15, -0.1) is 0 Å². The topological polar surface area (TPSA) is 47.9 Å². The van der Waals surface area contributed by atoms with Crippen LogP contribution in [-0.4, -0.2) is 30.6 Å². The first kappa shape index (κ1) is 17.9. The smallest absolute Gasteiger partial charge is 0.338 e. The maximum absolute atomic E-state index is 12.7. The molecule has 134 valence electrons. The van der Waals surface area contributed by atoms with Gasteiger partial charge in [0.05, 0.1) is 17.7 Å². The Hall–Kier alpha value is -2.88. The number of ether oxygens (including phenoxy) is 2. The molecule has 0 fully saturated rings. The molecule has 2 aromatic rings. The van der Waals surface area contributed by atoms with E-state index in [9.17, 15) is 4.79 Å². The summed E-state index contributed by atoms with van der Waals surface area (Å²) in [6.45, 7) is 6.69. The molecule has 0 aliphatic carbocycles. The number of carbonyl (C=O) groups excluding carboxylic acids is 1. The van der Waals surface area contributed by atoms with Crippen molar-refractivity contribution in [3.05, 3.63) is 71.3 Å². The van der Waals surface area contributed by atoms with E-state index in [0.717, 1.165) is 16.7 Å². The lowest BCUT2D eigenvalue weighted by atomic mass is 9.97. The molecule has 1 aliphatic rings. The van der Waals surface area contributed by atoms with Crippen LogP contribution in [0.5, 0.6) is 0 Å². The third-order valence-electron chi connectivity index (χ3n) is 4.02. The van der Waals surface area contributed by atoms with Gasteiger partial charge in [0, 0.05) is 11.1 Å². The molecule has 0 N–H and O–H groups in total. The number of hydrogen-bond acceptors (Lipinski definition) is 4. The molecule has 0 amide bonds. The number of hydrogen-bond donors (Lipinski definition) is 0. The summed E-state index contributed by atoms with van der Waals surface area (Å²) in [5.41, 5.74) is 2.71. The van der Waals surface area contributed by atoms with E-state index in [4.69, 9.17) is 9.47 Å². The maximum Gasteiger partial charge on any atom is 0.338 e. The number of benzene rings is 2. The average molecular weight is 349 g/mol. The van der Waals surface area contributed by atoms with Crippen LogP contribution in [0.15, 0.2) is 59.6 Å². The lowest BCUT2D eigenvalue weighted by Gasteiger charge is -2.12. The number of esters is 1. The summed E-state index contributed by atoms with van der Waals surface area (Å²) in [4.78, 5) is 17.3. The summed E-state index contributed by atoms with van der Waals surface area (Å²) in [6.07, 6.45) is 1.84.